The van der Waals surface area contributed by atoms with E-state index in [9.17, 15) is 9.59 Å². The number of fused-ring (bicyclic) bond motifs is 1. The molecule has 29 heavy (non-hydrogen) atoms. The van der Waals surface area contributed by atoms with Crippen molar-refractivity contribution >= 4 is 27.9 Å². The van der Waals surface area contributed by atoms with Crippen molar-refractivity contribution in [3.63, 3.8) is 0 Å². The molecule has 0 radical (unpaired) electrons. The standard InChI is InChI=1S/C20H24N6O2S/c1-2-13-7-14(10-16(27)12-21)9-15(8-13)19-24-26-18(28)11-17(23-20(26)29-19)25-5-3-22-4-6-25/h7-9,11,22H,2-6,10,12,21H2,1H3. The van der Waals surface area contributed by atoms with Crippen molar-refractivity contribution in [1.29, 1.82) is 0 Å². The van der Waals surface area contributed by atoms with Gasteiger partial charge in [-0.1, -0.05) is 24.3 Å². The summed E-state index contributed by atoms with van der Waals surface area (Å²) in [6.07, 6.45) is 1.14. The highest BCUT2D eigenvalue weighted by molar-refractivity contribution is 7.19. The molecule has 1 fully saturated rings. The van der Waals surface area contributed by atoms with Crippen LogP contribution in [-0.2, 0) is 17.6 Å². The predicted octanol–water partition coefficient (Wildman–Crippen LogP) is 0.860. The molecule has 9 heteroatoms. The molecule has 0 unspecified atom stereocenters. The van der Waals surface area contributed by atoms with Crippen LogP contribution in [0, 0.1) is 0 Å². The summed E-state index contributed by atoms with van der Waals surface area (Å²) in [4.78, 5) is 31.8. The van der Waals surface area contributed by atoms with Gasteiger partial charge in [-0.25, -0.2) is 4.98 Å². The molecule has 3 N–H and O–H groups in total. The number of carbonyl (C=O) groups is 1. The monoisotopic (exact) mass is 412 g/mol. The van der Waals surface area contributed by atoms with Crippen LogP contribution in [-0.4, -0.2) is 53.1 Å². The highest BCUT2D eigenvalue weighted by Gasteiger charge is 2.17. The van der Waals surface area contributed by atoms with Gasteiger partial charge in [0.2, 0.25) is 4.96 Å². The average molecular weight is 413 g/mol. The zero-order valence-electron chi connectivity index (χ0n) is 16.4. The molecule has 3 aromatic rings. The van der Waals surface area contributed by atoms with E-state index < -0.39 is 0 Å². The van der Waals surface area contributed by atoms with E-state index in [1.165, 1.54) is 15.9 Å². The van der Waals surface area contributed by atoms with E-state index >= 15 is 0 Å². The van der Waals surface area contributed by atoms with E-state index in [2.05, 4.69) is 33.3 Å². The average Bonchev–Trinajstić information content (AvgIpc) is 3.19. The minimum Gasteiger partial charge on any atom is -0.354 e. The van der Waals surface area contributed by atoms with E-state index in [0.717, 1.165) is 49.3 Å². The molecule has 0 spiro atoms. The van der Waals surface area contributed by atoms with Crippen molar-refractivity contribution in [3.05, 3.63) is 45.7 Å². The molecule has 0 bridgehead atoms. The van der Waals surface area contributed by atoms with Crippen molar-refractivity contribution in [1.82, 2.24) is 19.9 Å². The summed E-state index contributed by atoms with van der Waals surface area (Å²) in [5, 5.41) is 8.52. The number of carbonyl (C=O) groups excluding carboxylic acids is 1. The number of Topliss-reactive ketones (excluding diaryl/α,β-unsaturated/α-hetero) is 1. The number of nitrogens with zero attached hydrogens (tertiary/aromatic N) is 4. The zero-order chi connectivity index (χ0) is 20.4. The number of nitrogens with one attached hydrogen (secondary N) is 1. The molecule has 1 aliphatic rings. The number of nitrogens with two attached hydrogens (primary N) is 1. The van der Waals surface area contributed by atoms with E-state index in [1.54, 1.807) is 6.07 Å². The van der Waals surface area contributed by atoms with Crippen LogP contribution in [0.2, 0.25) is 0 Å². The molecule has 152 valence electrons. The Bertz CT molecular complexity index is 1100. The number of anilines is 1. The van der Waals surface area contributed by atoms with Crippen molar-refractivity contribution in [2.24, 2.45) is 5.73 Å². The fourth-order valence-electron chi connectivity index (χ4n) is 3.46. The normalized spacial score (nSPS) is 14.5. The minimum absolute atomic E-state index is 0.00736. The Labute approximate surface area is 172 Å². The zero-order valence-corrected chi connectivity index (χ0v) is 17.2. The highest BCUT2D eigenvalue weighted by atomic mass is 32.1. The van der Waals surface area contributed by atoms with Crippen LogP contribution in [0.3, 0.4) is 0 Å². The Balaban J connectivity index is 1.74. The smallest absolute Gasteiger partial charge is 0.277 e. The van der Waals surface area contributed by atoms with Gasteiger partial charge in [-0.3, -0.25) is 9.59 Å². The molecule has 0 amide bonds. The highest BCUT2D eigenvalue weighted by Crippen LogP contribution is 2.28. The maximum absolute atomic E-state index is 12.6. The van der Waals surface area contributed by atoms with Gasteiger partial charge in [0, 0.05) is 44.2 Å². The molecule has 0 aliphatic carbocycles. The largest absolute Gasteiger partial charge is 0.354 e. The van der Waals surface area contributed by atoms with Crippen LogP contribution in [0.4, 0.5) is 5.82 Å². The third-order valence-electron chi connectivity index (χ3n) is 5.01. The molecule has 2 aromatic heterocycles. The van der Waals surface area contributed by atoms with Crippen molar-refractivity contribution in [2.75, 3.05) is 37.6 Å². The third kappa shape index (κ3) is 4.21. The summed E-state index contributed by atoms with van der Waals surface area (Å²) in [6, 6.07) is 7.58. The van der Waals surface area contributed by atoms with Crippen LogP contribution in [0.1, 0.15) is 18.1 Å². The fraction of sp³-hybridized carbons (Fsp3) is 0.400. The summed E-state index contributed by atoms with van der Waals surface area (Å²) in [5.74, 6) is 0.690. The Morgan fingerprint density at radius 1 is 1.21 bits per heavy atom. The quantitative estimate of drug-likeness (QED) is 0.619. The van der Waals surface area contributed by atoms with E-state index in [1.807, 2.05) is 12.1 Å². The molecule has 8 nitrogen and oxygen atoms in total. The molecule has 0 saturated carbocycles. The van der Waals surface area contributed by atoms with Crippen LogP contribution >= 0.6 is 11.3 Å². The fourth-order valence-corrected chi connectivity index (χ4v) is 4.35. The first-order chi connectivity index (χ1) is 14.1. The number of ketones is 1. The van der Waals surface area contributed by atoms with Crippen molar-refractivity contribution in [2.45, 2.75) is 19.8 Å². The second kappa shape index (κ2) is 8.40. The summed E-state index contributed by atoms with van der Waals surface area (Å²) in [7, 11) is 0. The summed E-state index contributed by atoms with van der Waals surface area (Å²) >= 11 is 1.38. The van der Waals surface area contributed by atoms with Gasteiger partial charge in [0.15, 0.2) is 5.78 Å². The van der Waals surface area contributed by atoms with Gasteiger partial charge in [-0.05, 0) is 29.7 Å². The van der Waals surface area contributed by atoms with E-state index in [4.69, 9.17) is 5.73 Å². The molecule has 0 atom stereocenters. The van der Waals surface area contributed by atoms with Gasteiger partial charge < -0.3 is 16.0 Å². The molecule has 1 aromatic carbocycles. The van der Waals surface area contributed by atoms with Gasteiger partial charge in [-0.2, -0.15) is 9.61 Å². The van der Waals surface area contributed by atoms with Crippen LogP contribution in [0.15, 0.2) is 29.1 Å². The van der Waals surface area contributed by atoms with E-state index in [0.29, 0.717) is 22.2 Å². The van der Waals surface area contributed by atoms with Gasteiger partial charge in [0.05, 0.1) is 6.54 Å². The first kappa shape index (κ1) is 19.7. The Kier molecular flexibility index (Phi) is 5.70. The number of piperazine rings is 1. The van der Waals surface area contributed by atoms with Crippen LogP contribution in [0.5, 0.6) is 0 Å². The number of hydrogen-bond acceptors (Lipinski definition) is 8. The lowest BCUT2D eigenvalue weighted by Gasteiger charge is -2.27. The first-order valence-electron chi connectivity index (χ1n) is 9.79. The Hall–Kier alpha value is -2.62. The molecule has 3 heterocycles. The molecule has 1 aliphatic heterocycles. The summed E-state index contributed by atoms with van der Waals surface area (Å²) in [6.45, 7) is 5.50. The second-order valence-corrected chi connectivity index (χ2v) is 8.06. The van der Waals surface area contributed by atoms with Crippen molar-refractivity contribution < 1.29 is 4.79 Å². The summed E-state index contributed by atoms with van der Waals surface area (Å²) in [5.41, 5.74) is 8.20. The maximum Gasteiger partial charge on any atom is 0.277 e. The van der Waals surface area contributed by atoms with Crippen LogP contribution in [0.25, 0.3) is 15.5 Å². The topological polar surface area (TPSA) is 106 Å². The Morgan fingerprint density at radius 2 is 1.97 bits per heavy atom. The number of benzene rings is 1. The lowest BCUT2D eigenvalue weighted by molar-refractivity contribution is -0.117. The number of aromatic nitrogens is 3. The lowest BCUT2D eigenvalue weighted by Crippen LogP contribution is -2.44. The van der Waals surface area contributed by atoms with Crippen molar-refractivity contribution in [3.8, 4) is 10.6 Å². The van der Waals surface area contributed by atoms with Gasteiger partial charge in [0.25, 0.3) is 5.56 Å². The predicted molar refractivity (Wildman–Crippen MR) is 115 cm³/mol. The first-order valence-corrected chi connectivity index (χ1v) is 10.6. The number of aryl methyl sites for hydroxylation is 1. The van der Waals surface area contributed by atoms with Gasteiger partial charge in [-0.15, -0.1) is 0 Å². The maximum atomic E-state index is 12.6. The number of rotatable bonds is 6. The lowest BCUT2D eigenvalue weighted by atomic mass is 10.0. The van der Waals surface area contributed by atoms with E-state index in [-0.39, 0.29) is 17.9 Å². The number of hydrogen-bond donors (Lipinski definition) is 2. The Morgan fingerprint density at radius 3 is 2.69 bits per heavy atom. The molecule has 1 saturated heterocycles. The SMILES string of the molecule is CCc1cc(CC(=O)CN)cc(-c2nn3c(=O)cc(N4CCNCC4)nc3s2)c1. The molecular formula is C20H24N6O2S. The second-order valence-electron chi connectivity index (χ2n) is 7.10. The van der Waals surface area contributed by atoms with Gasteiger partial charge >= 0.3 is 0 Å². The molecule has 4 rings (SSSR count). The summed E-state index contributed by atoms with van der Waals surface area (Å²) < 4.78 is 1.36. The molecular weight excluding hydrogens is 388 g/mol. The third-order valence-corrected chi connectivity index (χ3v) is 5.97. The van der Waals surface area contributed by atoms with Gasteiger partial charge in [0.1, 0.15) is 10.8 Å². The van der Waals surface area contributed by atoms with Crippen LogP contribution < -0.4 is 21.5 Å². The minimum atomic E-state index is -0.184.